The number of carbonyl (C=O) groups excluding carboxylic acids is 1. The highest BCUT2D eigenvalue weighted by atomic mass is 32.1. The van der Waals surface area contributed by atoms with Crippen LogP contribution < -0.4 is 5.32 Å². The molecule has 0 saturated heterocycles. The predicted molar refractivity (Wildman–Crippen MR) is 108 cm³/mol. The molecule has 4 rings (SSSR count). The van der Waals surface area contributed by atoms with E-state index in [4.69, 9.17) is 4.52 Å². The second-order valence-electron chi connectivity index (χ2n) is 5.99. The molecule has 0 saturated carbocycles. The van der Waals surface area contributed by atoms with Crippen LogP contribution in [0.3, 0.4) is 0 Å². The molecule has 0 atom stereocenters. The molecular formula is C20H22N4O2S. The van der Waals surface area contributed by atoms with E-state index in [0.717, 1.165) is 17.8 Å². The predicted octanol–water partition coefficient (Wildman–Crippen LogP) is 4.65. The van der Waals surface area contributed by atoms with Gasteiger partial charge in [-0.2, -0.15) is 16.3 Å². The molecule has 0 bridgehead atoms. The fourth-order valence-electron chi connectivity index (χ4n) is 3.04. The van der Waals surface area contributed by atoms with Crippen molar-refractivity contribution in [3.63, 3.8) is 0 Å². The third-order valence-corrected chi connectivity index (χ3v) is 5.04. The molecule has 1 N–H and O–H groups in total. The first-order valence-electron chi connectivity index (χ1n) is 8.39. The summed E-state index contributed by atoms with van der Waals surface area (Å²) in [4.78, 5) is 16.5. The van der Waals surface area contributed by atoms with Gasteiger partial charge in [0, 0.05) is 28.4 Å². The Morgan fingerprint density at radius 2 is 2.19 bits per heavy atom. The van der Waals surface area contributed by atoms with Gasteiger partial charge < -0.3 is 14.4 Å². The molecule has 6 nitrogen and oxygen atoms in total. The van der Waals surface area contributed by atoms with Crippen molar-refractivity contribution in [3.05, 3.63) is 58.0 Å². The third kappa shape index (κ3) is 3.50. The quantitative estimate of drug-likeness (QED) is 0.545. The minimum absolute atomic E-state index is 0. The van der Waals surface area contributed by atoms with E-state index in [1.54, 1.807) is 11.4 Å². The molecule has 7 heteroatoms. The van der Waals surface area contributed by atoms with E-state index in [2.05, 4.69) is 52.1 Å². The van der Waals surface area contributed by atoms with Gasteiger partial charge in [-0.3, -0.25) is 4.79 Å². The number of nitrogens with one attached hydrogen (secondary N) is 1. The maximum atomic E-state index is 12.0. The monoisotopic (exact) mass is 382 g/mol. The van der Waals surface area contributed by atoms with Crippen molar-refractivity contribution in [1.82, 2.24) is 20.0 Å². The highest BCUT2D eigenvalue weighted by Crippen LogP contribution is 2.29. The number of rotatable bonds is 5. The van der Waals surface area contributed by atoms with Crippen LogP contribution >= 0.6 is 11.3 Å². The highest BCUT2D eigenvalue weighted by Gasteiger charge is 2.17. The maximum absolute atomic E-state index is 12.0. The number of aryl methyl sites for hydroxylation is 2. The molecule has 0 radical (unpaired) electrons. The van der Waals surface area contributed by atoms with Crippen molar-refractivity contribution in [3.8, 4) is 11.6 Å². The van der Waals surface area contributed by atoms with E-state index >= 15 is 0 Å². The van der Waals surface area contributed by atoms with Crippen molar-refractivity contribution >= 4 is 28.1 Å². The normalized spacial score (nSPS) is 10.7. The summed E-state index contributed by atoms with van der Waals surface area (Å²) in [5.74, 6) is 0.770. The highest BCUT2D eigenvalue weighted by molar-refractivity contribution is 7.08. The summed E-state index contributed by atoms with van der Waals surface area (Å²) in [5, 5.41) is 11.7. The molecule has 0 spiro atoms. The smallest absolute Gasteiger partial charge is 0.274 e. The van der Waals surface area contributed by atoms with Gasteiger partial charge >= 0.3 is 0 Å². The van der Waals surface area contributed by atoms with Crippen LogP contribution in [0.4, 0.5) is 0 Å². The number of hydrogen-bond acceptors (Lipinski definition) is 5. The molecular weight excluding hydrogens is 360 g/mol. The van der Waals surface area contributed by atoms with Crippen LogP contribution in [-0.2, 0) is 13.1 Å². The van der Waals surface area contributed by atoms with Crippen molar-refractivity contribution in [1.29, 1.82) is 0 Å². The van der Waals surface area contributed by atoms with Gasteiger partial charge in [0.15, 0.2) is 5.82 Å². The summed E-state index contributed by atoms with van der Waals surface area (Å²) in [6.07, 6.45) is 0. The standard InChI is InChI=1S/C19H18N4O2S.CH4/c1-3-23-15-6-4-5-12(2)14(15)9-16(23)19-21-17(22-25-19)10-20-18(24)13-7-8-26-11-13;/h4-9,11H,3,10H2,1-2H3,(H,20,24);1H4. The number of aromatic nitrogens is 3. The van der Waals surface area contributed by atoms with Gasteiger partial charge in [0.25, 0.3) is 11.8 Å². The molecule has 0 aliphatic heterocycles. The molecule has 1 aromatic carbocycles. The Morgan fingerprint density at radius 1 is 1.33 bits per heavy atom. The second kappa shape index (κ2) is 7.75. The van der Waals surface area contributed by atoms with Gasteiger partial charge in [0.05, 0.1) is 6.54 Å². The summed E-state index contributed by atoms with van der Waals surface area (Å²) in [7, 11) is 0. The SMILES string of the molecule is C.CCn1c(-c2nc(CNC(=O)c3ccsc3)no2)cc2c(C)cccc21. The Kier molecular flexibility index (Phi) is 5.41. The van der Waals surface area contributed by atoms with Crippen LogP contribution in [0.15, 0.2) is 45.6 Å². The lowest BCUT2D eigenvalue weighted by Gasteiger charge is -2.04. The summed E-state index contributed by atoms with van der Waals surface area (Å²) in [6.45, 7) is 5.20. The molecule has 0 aliphatic carbocycles. The third-order valence-electron chi connectivity index (χ3n) is 4.36. The van der Waals surface area contributed by atoms with E-state index in [-0.39, 0.29) is 19.9 Å². The van der Waals surface area contributed by atoms with E-state index in [1.807, 2.05) is 11.4 Å². The zero-order valence-corrected chi connectivity index (χ0v) is 15.3. The lowest BCUT2D eigenvalue weighted by atomic mass is 10.1. The molecule has 0 aliphatic rings. The van der Waals surface area contributed by atoms with Crippen LogP contribution in [0.25, 0.3) is 22.5 Å². The van der Waals surface area contributed by atoms with Crippen molar-refractivity contribution in [2.45, 2.75) is 34.4 Å². The van der Waals surface area contributed by atoms with Gasteiger partial charge in [-0.05, 0) is 43.0 Å². The fourth-order valence-corrected chi connectivity index (χ4v) is 3.67. The van der Waals surface area contributed by atoms with E-state index in [9.17, 15) is 4.79 Å². The lowest BCUT2D eigenvalue weighted by Crippen LogP contribution is -2.22. The molecule has 0 unspecified atom stereocenters. The van der Waals surface area contributed by atoms with Crippen molar-refractivity contribution in [2.75, 3.05) is 0 Å². The van der Waals surface area contributed by atoms with Crippen LogP contribution in [-0.4, -0.2) is 20.6 Å². The summed E-state index contributed by atoms with van der Waals surface area (Å²) in [6, 6.07) is 10.1. The Balaban J connectivity index is 0.00000210. The van der Waals surface area contributed by atoms with Crippen LogP contribution in [0, 0.1) is 6.92 Å². The molecule has 3 aromatic heterocycles. The fraction of sp³-hybridized carbons (Fsp3) is 0.250. The van der Waals surface area contributed by atoms with Gasteiger partial charge in [0.2, 0.25) is 0 Å². The van der Waals surface area contributed by atoms with Crippen LogP contribution in [0.5, 0.6) is 0 Å². The number of hydrogen-bond donors (Lipinski definition) is 1. The first-order chi connectivity index (χ1) is 12.7. The van der Waals surface area contributed by atoms with E-state index in [0.29, 0.717) is 17.3 Å². The minimum atomic E-state index is -0.143. The number of carbonyl (C=O) groups is 1. The zero-order valence-electron chi connectivity index (χ0n) is 14.5. The van der Waals surface area contributed by atoms with Gasteiger partial charge in [0.1, 0.15) is 5.69 Å². The Bertz CT molecular complexity index is 1060. The molecule has 0 fully saturated rings. The van der Waals surface area contributed by atoms with Gasteiger partial charge in [-0.1, -0.05) is 24.7 Å². The minimum Gasteiger partial charge on any atom is -0.345 e. The van der Waals surface area contributed by atoms with Crippen molar-refractivity contribution < 1.29 is 9.32 Å². The number of amides is 1. The first kappa shape index (κ1) is 18.8. The van der Waals surface area contributed by atoms with Crippen molar-refractivity contribution in [2.24, 2.45) is 0 Å². The average Bonchev–Trinajstić information content (AvgIpc) is 3.38. The summed E-state index contributed by atoms with van der Waals surface area (Å²) >= 11 is 1.48. The summed E-state index contributed by atoms with van der Waals surface area (Å²) in [5.41, 5.74) is 3.88. The van der Waals surface area contributed by atoms with E-state index < -0.39 is 0 Å². The molecule has 4 aromatic rings. The van der Waals surface area contributed by atoms with Gasteiger partial charge in [-0.15, -0.1) is 0 Å². The molecule has 3 heterocycles. The Labute approximate surface area is 161 Å². The number of benzene rings is 1. The lowest BCUT2D eigenvalue weighted by molar-refractivity contribution is 0.0950. The number of nitrogens with zero attached hydrogens (tertiary/aromatic N) is 3. The first-order valence-corrected chi connectivity index (χ1v) is 9.34. The largest absolute Gasteiger partial charge is 0.345 e. The molecule has 27 heavy (non-hydrogen) atoms. The maximum Gasteiger partial charge on any atom is 0.274 e. The summed E-state index contributed by atoms with van der Waals surface area (Å²) < 4.78 is 7.61. The number of fused-ring (bicyclic) bond motifs is 1. The Hall–Kier alpha value is -2.93. The number of thiophene rings is 1. The zero-order chi connectivity index (χ0) is 18.1. The van der Waals surface area contributed by atoms with E-state index in [1.165, 1.54) is 22.3 Å². The van der Waals surface area contributed by atoms with Crippen LogP contribution in [0.1, 0.15) is 36.1 Å². The molecule has 1 amide bonds. The van der Waals surface area contributed by atoms with Crippen LogP contribution in [0.2, 0.25) is 0 Å². The van der Waals surface area contributed by atoms with Gasteiger partial charge in [-0.25, -0.2) is 0 Å². The topological polar surface area (TPSA) is 73.0 Å². The second-order valence-corrected chi connectivity index (χ2v) is 6.77. The Morgan fingerprint density at radius 3 is 2.93 bits per heavy atom. The molecule has 140 valence electrons. The average molecular weight is 382 g/mol.